The molecule has 0 spiro atoms. The first-order valence-corrected chi connectivity index (χ1v) is 5.33. The Hall–Kier alpha value is -2.12. The molecule has 1 unspecified atom stereocenters. The number of nitrogens with one attached hydrogen (secondary N) is 1. The topological polar surface area (TPSA) is 107 Å². The minimum absolute atomic E-state index is 0.0781. The van der Waals surface area contributed by atoms with Crippen LogP contribution in [0.25, 0.3) is 0 Å². The highest BCUT2D eigenvalue weighted by atomic mass is 16.4. The lowest BCUT2D eigenvalue weighted by atomic mass is 10.2. The molecule has 0 saturated carbocycles. The monoisotopic (exact) mass is 257 g/mol. The Bertz CT molecular complexity index is 395. The summed E-state index contributed by atoms with van der Waals surface area (Å²) >= 11 is 0. The highest BCUT2D eigenvalue weighted by molar-refractivity contribution is 5.93. The Labute approximate surface area is 104 Å². The van der Waals surface area contributed by atoms with Crippen molar-refractivity contribution in [3.63, 3.8) is 0 Å². The van der Waals surface area contributed by atoms with Gasteiger partial charge in [-0.15, -0.1) is 0 Å². The van der Waals surface area contributed by atoms with E-state index in [-0.39, 0.29) is 31.4 Å². The van der Waals surface area contributed by atoms with Crippen LogP contribution in [-0.2, 0) is 19.2 Å². The van der Waals surface area contributed by atoms with Gasteiger partial charge < -0.3 is 20.2 Å². The molecule has 1 aliphatic heterocycles. The molecular weight excluding hydrogens is 242 g/mol. The van der Waals surface area contributed by atoms with E-state index in [1.165, 1.54) is 18.9 Å². The number of nitrogens with zero attached hydrogens (tertiary/aromatic N) is 2. The Kier molecular flexibility index (Phi) is 4.24. The summed E-state index contributed by atoms with van der Waals surface area (Å²) in [5, 5.41) is 11.1. The zero-order valence-electron chi connectivity index (χ0n) is 10.2. The SMILES string of the molecule is CC(=O)NC(CN1CC(=O)N(C)CC1=O)C(=O)O. The number of carboxylic acids is 1. The molecular formula is C10H15N3O5. The van der Waals surface area contributed by atoms with Gasteiger partial charge in [-0.2, -0.15) is 0 Å². The zero-order chi connectivity index (χ0) is 13.9. The maximum atomic E-state index is 11.6. The maximum absolute atomic E-state index is 11.6. The highest BCUT2D eigenvalue weighted by Gasteiger charge is 2.31. The second kappa shape index (κ2) is 5.48. The van der Waals surface area contributed by atoms with Crippen LogP contribution in [0.15, 0.2) is 0 Å². The summed E-state index contributed by atoms with van der Waals surface area (Å²) in [7, 11) is 1.50. The number of carbonyl (C=O) groups is 4. The van der Waals surface area contributed by atoms with E-state index < -0.39 is 17.9 Å². The smallest absolute Gasteiger partial charge is 0.328 e. The summed E-state index contributed by atoms with van der Waals surface area (Å²) in [4.78, 5) is 47.2. The van der Waals surface area contributed by atoms with Crippen LogP contribution < -0.4 is 5.32 Å². The Balaban J connectivity index is 2.69. The number of amides is 3. The second-order valence-electron chi connectivity index (χ2n) is 4.12. The molecule has 0 aromatic carbocycles. The largest absolute Gasteiger partial charge is 0.480 e. The maximum Gasteiger partial charge on any atom is 0.328 e. The van der Waals surface area contributed by atoms with E-state index in [4.69, 9.17) is 5.11 Å². The van der Waals surface area contributed by atoms with Crippen LogP contribution in [0.3, 0.4) is 0 Å². The van der Waals surface area contributed by atoms with E-state index in [0.29, 0.717) is 0 Å². The summed E-state index contributed by atoms with van der Waals surface area (Å²) in [5.74, 6) is -2.35. The lowest BCUT2D eigenvalue weighted by Gasteiger charge is -2.33. The van der Waals surface area contributed by atoms with Gasteiger partial charge in [0.25, 0.3) is 0 Å². The number of rotatable bonds is 4. The van der Waals surface area contributed by atoms with E-state index in [2.05, 4.69) is 5.32 Å². The summed E-state index contributed by atoms with van der Waals surface area (Å²) in [6.07, 6.45) is 0. The third-order valence-electron chi connectivity index (χ3n) is 2.56. The van der Waals surface area contributed by atoms with E-state index in [1.54, 1.807) is 0 Å². The lowest BCUT2D eigenvalue weighted by Crippen LogP contribution is -2.57. The quantitative estimate of drug-likeness (QED) is 0.598. The van der Waals surface area contributed by atoms with Crippen LogP contribution in [0.1, 0.15) is 6.92 Å². The van der Waals surface area contributed by atoms with Crippen LogP contribution in [0.5, 0.6) is 0 Å². The van der Waals surface area contributed by atoms with Crippen LogP contribution in [0.4, 0.5) is 0 Å². The predicted octanol–water partition coefficient (Wildman–Crippen LogP) is -2.12. The normalized spacial score (nSPS) is 17.7. The van der Waals surface area contributed by atoms with Gasteiger partial charge in [-0.3, -0.25) is 14.4 Å². The molecule has 1 aliphatic rings. The standard InChI is InChI=1S/C10H15N3O5/c1-6(14)11-7(10(17)18)3-13-5-8(15)12(2)4-9(13)16/h7H,3-5H2,1-2H3,(H,11,14)(H,17,18). The number of aliphatic carboxylic acids is 1. The molecule has 0 radical (unpaired) electrons. The molecule has 8 nitrogen and oxygen atoms in total. The fraction of sp³-hybridized carbons (Fsp3) is 0.600. The minimum atomic E-state index is -1.25. The number of hydrogen-bond acceptors (Lipinski definition) is 4. The van der Waals surface area contributed by atoms with Gasteiger partial charge in [0, 0.05) is 14.0 Å². The average Bonchev–Trinajstić information content (AvgIpc) is 2.23. The molecule has 1 rings (SSSR count). The average molecular weight is 257 g/mol. The van der Waals surface area contributed by atoms with Crippen molar-refractivity contribution in [3.8, 4) is 0 Å². The van der Waals surface area contributed by atoms with Crippen LogP contribution in [0.2, 0.25) is 0 Å². The molecule has 1 saturated heterocycles. The van der Waals surface area contributed by atoms with Crippen molar-refractivity contribution < 1.29 is 24.3 Å². The van der Waals surface area contributed by atoms with Crippen molar-refractivity contribution in [2.24, 2.45) is 0 Å². The Morgan fingerprint density at radius 3 is 2.44 bits per heavy atom. The van der Waals surface area contributed by atoms with Gasteiger partial charge in [0.05, 0.1) is 19.6 Å². The fourth-order valence-electron chi connectivity index (χ4n) is 1.58. The molecule has 0 aromatic heterocycles. The minimum Gasteiger partial charge on any atom is -0.480 e. The number of carbonyl (C=O) groups excluding carboxylic acids is 3. The van der Waals surface area contributed by atoms with Gasteiger partial charge >= 0.3 is 5.97 Å². The molecule has 0 bridgehead atoms. The van der Waals surface area contributed by atoms with Crippen LogP contribution in [0, 0.1) is 0 Å². The van der Waals surface area contributed by atoms with Crippen molar-refractivity contribution in [1.82, 2.24) is 15.1 Å². The van der Waals surface area contributed by atoms with E-state index >= 15 is 0 Å². The molecule has 18 heavy (non-hydrogen) atoms. The summed E-state index contributed by atoms with van der Waals surface area (Å²) in [6.45, 7) is 0.726. The first-order chi connectivity index (χ1) is 8.31. The molecule has 100 valence electrons. The number of piperazine rings is 1. The van der Waals surface area contributed by atoms with Crippen molar-refractivity contribution in [3.05, 3.63) is 0 Å². The van der Waals surface area contributed by atoms with E-state index in [9.17, 15) is 19.2 Å². The predicted molar refractivity (Wildman–Crippen MR) is 59.5 cm³/mol. The molecule has 0 aliphatic carbocycles. The third-order valence-corrected chi connectivity index (χ3v) is 2.56. The van der Waals surface area contributed by atoms with Gasteiger partial charge in [0.15, 0.2) is 0 Å². The van der Waals surface area contributed by atoms with Gasteiger partial charge in [-0.05, 0) is 0 Å². The highest BCUT2D eigenvalue weighted by Crippen LogP contribution is 2.04. The Morgan fingerprint density at radius 1 is 1.33 bits per heavy atom. The van der Waals surface area contributed by atoms with Gasteiger partial charge in [-0.1, -0.05) is 0 Å². The first-order valence-electron chi connectivity index (χ1n) is 5.33. The fourth-order valence-corrected chi connectivity index (χ4v) is 1.58. The molecule has 0 aromatic rings. The molecule has 1 heterocycles. The molecule has 2 N–H and O–H groups in total. The molecule has 8 heteroatoms. The summed E-state index contributed by atoms with van der Waals surface area (Å²) < 4.78 is 0. The Morgan fingerprint density at radius 2 is 1.94 bits per heavy atom. The van der Waals surface area contributed by atoms with Crippen molar-refractivity contribution in [2.45, 2.75) is 13.0 Å². The second-order valence-corrected chi connectivity index (χ2v) is 4.12. The van der Waals surface area contributed by atoms with E-state index in [0.717, 1.165) is 4.90 Å². The van der Waals surface area contributed by atoms with Crippen LogP contribution >= 0.6 is 0 Å². The lowest BCUT2D eigenvalue weighted by molar-refractivity contribution is -0.151. The van der Waals surface area contributed by atoms with Gasteiger partial charge in [0.2, 0.25) is 17.7 Å². The van der Waals surface area contributed by atoms with Crippen molar-refractivity contribution in [1.29, 1.82) is 0 Å². The molecule has 1 atom stereocenters. The van der Waals surface area contributed by atoms with Crippen molar-refractivity contribution in [2.75, 3.05) is 26.7 Å². The number of likely N-dealkylation sites (N-methyl/N-ethyl adjacent to an activating group) is 1. The number of hydrogen-bond donors (Lipinski definition) is 2. The number of carboxylic acid groups (broad SMARTS) is 1. The zero-order valence-corrected chi connectivity index (χ0v) is 10.2. The summed E-state index contributed by atoms with van der Waals surface area (Å²) in [5.41, 5.74) is 0. The third kappa shape index (κ3) is 3.44. The van der Waals surface area contributed by atoms with Gasteiger partial charge in [-0.25, -0.2) is 4.79 Å². The van der Waals surface area contributed by atoms with Crippen LogP contribution in [-0.4, -0.2) is 71.3 Å². The van der Waals surface area contributed by atoms with Crippen molar-refractivity contribution >= 4 is 23.7 Å². The first kappa shape index (κ1) is 13.9. The van der Waals surface area contributed by atoms with Gasteiger partial charge in [0.1, 0.15) is 6.04 Å². The molecule has 1 fully saturated rings. The molecule has 3 amide bonds. The summed E-state index contributed by atoms with van der Waals surface area (Å²) in [6, 6.07) is -1.21. The van der Waals surface area contributed by atoms with E-state index in [1.807, 2.05) is 0 Å².